The lowest BCUT2D eigenvalue weighted by Gasteiger charge is -1.93. The van der Waals surface area contributed by atoms with Gasteiger partial charge in [0.05, 0.1) is 5.56 Å². The van der Waals surface area contributed by atoms with Crippen LogP contribution >= 0.6 is 11.3 Å². The lowest BCUT2D eigenvalue weighted by atomic mass is 10.3. The van der Waals surface area contributed by atoms with Gasteiger partial charge in [0.2, 0.25) is 0 Å². The third-order valence-corrected chi connectivity index (χ3v) is 3.74. The summed E-state index contributed by atoms with van der Waals surface area (Å²) in [6, 6.07) is 1.33. The van der Waals surface area contributed by atoms with Crippen LogP contribution in [0.2, 0.25) is 0 Å². The molecule has 0 aliphatic rings. The van der Waals surface area contributed by atoms with Crippen molar-refractivity contribution in [2.24, 2.45) is 5.73 Å². The summed E-state index contributed by atoms with van der Waals surface area (Å²) in [6.07, 6.45) is 0. The van der Waals surface area contributed by atoms with Crippen LogP contribution in [0, 0.1) is 6.92 Å². The summed E-state index contributed by atoms with van der Waals surface area (Å²) in [5.74, 6) is -0.864. The van der Waals surface area contributed by atoms with Gasteiger partial charge in [-0.05, 0) is 13.0 Å². The normalized spacial score (nSPS) is 11.5. The number of rotatable bonds is 2. The van der Waals surface area contributed by atoms with Gasteiger partial charge in [0, 0.05) is 4.88 Å². The van der Waals surface area contributed by atoms with Crippen LogP contribution in [-0.2, 0) is 10.1 Å². The molecule has 0 unspecified atom stereocenters. The van der Waals surface area contributed by atoms with Gasteiger partial charge in [-0.3, -0.25) is 9.35 Å². The predicted molar refractivity (Wildman–Crippen MR) is 47.4 cm³/mol. The number of primary amides is 1. The summed E-state index contributed by atoms with van der Waals surface area (Å²) in [5.41, 5.74) is 4.75. The first kappa shape index (κ1) is 10.2. The molecule has 0 aliphatic carbocycles. The minimum atomic E-state index is -4.34. The maximum atomic E-state index is 10.7. The Morgan fingerprint density at radius 1 is 1.62 bits per heavy atom. The second-order valence-electron chi connectivity index (χ2n) is 2.40. The molecule has 0 fully saturated rings. The summed E-state index contributed by atoms with van der Waals surface area (Å²) in [6.45, 7) is 1.62. The molecular weight excluding hydrogens is 214 g/mol. The first-order valence-electron chi connectivity index (χ1n) is 3.20. The highest BCUT2D eigenvalue weighted by Gasteiger charge is 2.21. The molecule has 1 aromatic heterocycles. The van der Waals surface area contributed by atoms with E-state index in [0.717, 1.165) is 11.3 Å². The number of hydrogen-bond acceptors (Lipinski definition) is 4. The zero-order chi connectivity index (χ0) is 10.2. The molecule has 0 bridgehead atoms. The molecule has 0 spiro atoms. The van der Waals surface area contributed by atoms with Gasteiger partial charge in [-0.1, -0.05) is 0 Å². The van der Waals surface area contributed by atoms with Gasteiger partial charge in [0.25, 0.3) is 5.91 Å². The number of thiophene rings is 1. The Morgan fingerprint density at radius 2 is 2.15 bits per heavy atom. The fourth-order valence-electron chi connectivity index (χ4n) is 0.856. The van der Waals surface area contributed by atoms with Crippen LogP contribution in [0.1, 0.15) is 15.2 Å². The molecule has 1 rings (SSSR count). The first-order valence-corrected chi connectivity index (χ1v) is 5.45. The number of hydrogen-bond donors (Lipinski definition) is 2. The van der Waals surface area contributed by atoms with Crippen molar-refractivity contribution in [2.45, 2.75) is 11.1 Å². The minimum absolute atomic E-state index is 0.162. The van der Waals surface area contributed by atoms with Gasteiger partial charge in [-0.2, -0.15) is 8.42 Å². The molecule has 0 saturated carbocycles. The number of amides is 1. The molecule has 5 nitrogen and oxygen atoms in total. The van der Waals surface area contributed by atoms with E-state index in [1.807, 2.05) is 0 Å². The molecule has 0 aliphatic heterocycles. The molecular formula is C6H7NO4S2. The lowest BCUT2D eigenvalue weighted by Crippen LogP contribution is -2.13. The van der Waals surface area contributed by atoms with Crippen LogP contribution in [-0.4, -0.2) is 18.9 Å². The highest BCUT2D eigenvalue weighted by molar-refractivity contribution is 7.88. The second kappa shape index (κ2) is 3.09. The average Bonchev–Trinajstić information content (AvgIpc) is 2.29. The van der Waals surface area contributed by atoms with Gasteiger partial charge in [-0.15, -0.1) is 11.3 Å². The van der Waals surface area contributed by atoms with E-state index in [9.17, 15) is 13.2 Å². The van der Waals surface area contributed by atoms with E-state index in [2.05, 4.69) is 0 Å². The Hall–Kier alpha value is -0.920. The largest absolute Gasteiger partial charge is 0.366 e. The Bertz CT molecular complexity index is 445. The number of carbonyl (C=O) groups excluding carboxylic acids is 1. The molecule has 0 aromatic carbocycles. The van der Waals surface area contributed by atoms with Crippen molar-refractivity contribution in [3.05, 3.63) is 16.5 Å². The van der Waals surface area contributed by atoms with Crippen molar-refractivity contribution in [3.63, 3.8) is 0 Å². The van der Waals surface area contributed by atoms with Crippen LogP contribution in [0.25, 0.3) is 0 Å². The summed E-state index contributed by atoms with van der Waals surface area (Å²) in [4.78, 5) is 11.3. The van der Waals surface area contributed by atoms with Crippen LogP contribution in [0.15, 0.2) is 10.3 Å². The van der Waals surface area contributed by atoms with Crippen molar-refractivity contribution in [3.8, 4) is 0 Å². The maximum absolute atomic E-state index is 10.7. The SMILES string of the molecule is Cc1cc(C(N)=O)c(S(=O)(=O)O)s1. The molecule has 13 heavy (non-hydrogen) atoms. The third-order valence-electron chi connectivity index (χ3n) is 1.32. The number of nitrogens with two attached hydrogens (primary N) is 1. The quantitative estimate of drug-likeness (QED) is 0.706. The van der Waals surface area contributed by atoms with E-state index >= 15 is 0 Å². The summed E-state index contributed by atoms with van der Waals surface area (Å²) < 4.78 is 29.8. The van der Waals surface area contributed by atoms with E-state index in [4.69, 9.17) is 10.3 Å². The zero-order valence-electron chi connectivity index (χ0n) is 6.64. The fraction of sp³-hybridized carbons (Fsp3) is 0.167. The van der Waals surface area contributed by atoms with Gasteiger partial charge in [0.1, 0.15) is 0 Å². The Labute approximate surface area is 78.9 Å². The van der Waals surface area contributed by atoms with Crippen molar-refractivity contribution in [1.82, 2.24) is 0 Å². The molecule has 0 atom stereocenters. The standard InChI is InChI=1S/C6H7NO4S2/c1-3-2-4(5(7)8)6(12-3)13(9,10)11/h2H,1H3,(H2,7,8)(H,9,10,11). The smallest absolute Gasteiger partial charge is 0.304 e. The third kappa shape index (κ3) is 2.06. The predicted octanol–water partition coefficient (Wildman–Crippen LogP) is 0.402. The van der Waals surface area contributed by atoms with E-state index < -0.39 is 20.2 Å². The second-order valence-corrected chi connectivity index (χ2v) is 5.27. The fourth-order valence-corrected chi connectivity index (χ4v) is 2.85. The zero-order valence-corrected chi connectivity index (χ0v) is 8.28. The highest BCUT2D eigenvalue weighted by atomic mass is 32.3. The summed E-state index contributed by atoms with van der Waals surface area (Å²) in [7, 11) is -4.34. The molecule has 0 saturated heterocycles. The molecule has 3 N–H and O–H groups in total. The molecule has 0 radical (unpaired) electrons. The molecule has 1 heterocycles. The van der Waals surface area contributed by atoms with E-state index in [1.165, 1.54) is 6.07 Å². The molecule has 72 valence electrons. The van der Waals surface area contributed by atoms with Crippen molar-refractivity contribution >= 4 is 27.4 Å². The summed E-state index contributed by atoms with van der Waals surface area (Å²) >= 11 is 0.811. The van der Waals surface area contributed by atoms with E-state index in [0.29, 0.717) is 4.88 Å². The van der Waals surface area contributed by atoms with E-state index in [-0.39, 0.29) is 5.56 Å². The Morgan fingerprint density at radius 3 is 2.46 bits per heavy atom. The van der Waals surface area contributed by atoms with E-state index in [1.54, 1.807) is 6.92 Å². The van der Waals surface area contributed by atoms with Gasteiger partial charge in [0.15, 0.2) is 4.21 Å². The molecule has 1 aromatic rings. The first-order chi connectivity index (χ1) is 5.82. The van der Waals surface area contributed by atoms with Gasteiger partial charge >= 0.3 is 10.1 Å². The average molecular weight is 221 g/mol. The molecule has 1 amide bonds. The lowest BCUT2D eigenvalue weighted by molar-refractivity contribution is 0.0997. The Kier molecular flexibility index (Phi) is 2.42. The summed E-state index contributed by atoms with van der Waals surface area (Å²) in [5, 5.41) is 0. The monoisotopic (exact) mass is 221 g/mol. The number of aryl methyl sites for hydroxylation is 1. The van der Waals surface area contributed by atoms with Gasteiger partial charge in [-0.25, -0.2) is 0 Å². The molecule has 7 heteroatoms. The minimum Gasteiger partial charge on any atom is -0.366 e. The van der Waals surface area contributed by atoms with Crippen molar-refractivity contribution < 1.29 is 17.8 Å². The van der Waals surface area contributed by atoms with Crippen molar-refractivity contribution in [1.29, 1.82) is 0 Å². The highest BCUT2D eigenvalue weighted by Crippen LogP contribution is 2.25. The van der Waals surface area contributed by atoms with Crippen molar-refractivity contribution in [2.75, 3.05) is 0 Å². The van der Waals surface area contributed by atoms with Crippen LogP contribution in [0.5, 0.6) is 0 Å². The van der Waals surface area contributed by atoms with Crippen LogP contribution in [0.4, 0.5) is 0 Å². The topological polar surface area (TPSA) is 97.5 Å². The van der Waals surface area contributed by atoms with Crippen LogP contribution in [0.3, 0.4) is 0 Å². The van der Waals surface area contributed by atoms with Gasteiger partial charge < -0.3 is 5.73 Å². The number of carbonyl (C=O) groups is 1. The Balaban J connectivity index is 3.46. The maximum Gasteiger partial charge on any atom is 0.304 e. The van der Waals surface area contributed by atoms with Crippen LogP contribution < -0.4 is 5.73 Å².